The van der Waals surface area contributed by atoms with Crippen molar-refractivity contribution in [3.8, 4) is 28.5 Å². The van der Waals surface area contributed by atoms with E-state index in [1.165, 1.54) is 15.9 Å². The Kier molecular flexibility index (Phi) is 5.51. The molecular formula is C24H18ClN3O3S. The molecule has 5 rings (SSSR count). The van der Waals surface area contributed by atoms with Gasteiger partial charge in [-0.05, 0) is 67.1 Å². The number of aromatic nitrogens is 3. The molecule has 0 bridgehead atoms. The molecule has 0 aliphatic carbocycles. The molecule has 160 valence electrons. The first-order valence-electron chi connectivity index (χ1n) is 10.1. The molecule has 3 aromatic heterocycles. The molecule has 0 unspecified atom stereocenters. The number of halogens is 1. The van der Waals surface area contributed by atoms with Crippen molar-refractivity contribution in [2.45, 2.75) is 13.3 Å². The fourth-order valence-corrected chi connectivity index (χ4v) is 4.22. The van der Waals surface area contributed by atoms with Crippen molar-refractivity contribution in [2.24, 2.45) is 0 Å². The number of hydrogen-bond acceptors (Lipinski definition) is 6. The number of ether oxygens (including phenoxy) is 1. The van der Waals surface area contributed by atoms with Crippen LogP contribution in [-0.2, 0) is 0 Å². The zero-order valence-electron chi connectivity index (χ0n) is 17.1. The van der Waals surface area contributed by atoms with Crippen LogP contribution in [0.2, 0.25) is 5.02 Å². The second-order valence-corrected chi connectivity index (χ2v) is 8.57. The van der Waals surface area contributed by atoms with E-state index in [1.807, 2.05) is 60.7 Å². The molecule has 0 saturated heterocycles. The van der Waals surface area contributed by atoms with Gasteiger partial charge in [-0.25, -0.2) is 0 Å². The third kappa shape index (κ3) is 4.04. The van der Waals surface area contributed by atoms with Crippen molar-refractivity contribution in [1.29, 1.82) is 0 Å². The lowest BCUT2D eigenvalue weighted by molar-refractivity contribution is 0.317. The second-order valence-electron chi connectivity index (χ2n) is 7.13. The molecule has 0 aliphatic heterocycles. The van der Waals surface area contributed by atoms with E-state index < -0.39 is 0 Å². The van der Waals surface area contributed by atoms with Crippen LogP contribution >= 0.6 is 22.9 Å². The number of nitrogens with zero attached hydrogens (tertiary/aromatic N) is 3. The third-order valence-corrected chi connectivity index (χ3v) is 6.01. The van der Waals surface area contributed by atoms with Gasteiger partial charge in [0.05, 0.1) is 6.61 Å². The number of thiazole rings is 1. The molecule has 0 N–H and O–H groups in total. The lowest BCUT2D eigenvalue weighted by Gasteiger charge is -2.04. The molecule has 3 heterocycles. The summed E-state index contributed by atoms with van der Waals surface area (Å²) < 4.78 is 13.3. The summed E-state index contributed by atoms with van der Waals surface area (Å²) in [6, 6.07) is 18.6. The maximum atomic E-state index is 12.8. The van der Waals surface area contributed by atoms with Crippen molar-refractivity contribution in [3.63, 3.8) is 0 Å². The quantitative estimate of drug-likeness (QED) is 0.351. The number of furan rings is 1. The molecule has 0 radical (unpaired) electrons. The van der Waals surface area contributed by atoms with Crippen LogP contribution in [0.5, 0.6) is 5.75 Å². The molecule has 0 fully saturated rings. The van der Waals surface area contributed by atoms with Crippen molar-refractivity contribution in [3.05, 3.63) is 86.3 Å². The van der Waals surface area contributed by atoms with Crippen molar-refractivity contribution in [2.75, 3.05) is 6.61 Å². The van der Waals surface area contributed by atoms with E-state index in [0.29, 0.717) is 38.5 Å². The average Bonchev–Trinajstić information content (AvgIpc) is 3.51. The molecular weight excluding hydrogens is 446 g/mol. The summed E-state index contributed by atoms with van der Waals surface area (Å²) in [7, 11) is 0. The minimum absolute atomic E-state index is 0.226. The highest BCUT2D eigenvalue weighted by atomic mass is 35.5. The van der Waals surface area contributed by atoms with Gasteiger partial charge in [-0.15, -0.1) is 5.10 Å². The van der Waals surface area contributed by atoms with E-state index in [2.05, 4.69) is 17.0 Å². The van der Waals surface area contributed by atoms with Gasteiger partial charge in [0.25, 0.3) is 5.56 Å². The Bertz CT molecular complexity index is 1480. The van der Waals surface area contributed by atoms with E-state index in [4.69, 9.17) is 20.8 Å². The highest BCUT2D eigenvalue weighted by Gasteiger charge is 2.13. The Morgan fingerprint density at radius 2 is 1.81 bits per heavy atom. The van der Waals surface area contributed by atoms with Gasteiger partial charge in [0.1, 0.15) is 21.8 Å². The molecule has 8 heteroatoms. The Hall–Kier alpha value is -3.42. The van der Waals surface area contributed by atoms with Crippen LogP contribution in [0, 0.1) is 0 Å². The molecule has 0 spiro atoms. The van der Waals surface area contributed by atoms with Crippen molar-refractivity contribution < 1.29 is 9.15 Å². The predicted octanol–water partition coefficient (Wildman–Crippen LogP) is 5.07. The van der Waals surface area contributed by atoms with Crippen molar-refractivity contribution >= 4 is 34.0 Å². The first-order valence-corrected chi connectivity index (χ1v) is 11.3. The summed E-state index contributed by atoms with van der Waals surface area (Å²) in [4.78, 5) is 17.9. The van der Waals surface area contributed by atoms with Gasteiger partial charge in [0.2, 0.25) is 4.96 Å². The van der Waals surface area contributed by atoms with E-state index in [-0.39, 0.29) is 5.56 Å². The predicted molar refractivity (Wildman–Crippen MR) is 126 cm³/mol. The van der Waals surface area contributed by atoms with E-state index in [0.717, 1.165) is 23.3 Å². The van der Waals surface area contributed by atoms with Crippen LogP contribution in [0.4, 0.5) is 0 Å². The molecule has 0 amide bonds. The molecule has 32 heavy (non-hydrogen) atoms. The minimum Gasteiger partial charge on any atom is -0.494 e. The van der Waals surface area contributed by atoms with Gasteiger partial charge in [0, 0.05) is 22.2 Å². The van der Waals surface area contributed by atoms with Gasteiger partial charge < -0.3 is 9.15 Å². The topological polar surface area (TPSA) is 69.6 Å². The minimum atomic E-state index is -0.226. The first-order chi connectivity index (χ1) is 15.6. The zero-order chi connectivity index (χ0) is 22.1. The molecule has 0 saturated carbocycles. The summed E-state index contributed by atoms with van der Waals surface area (Å²) >= 11 is 7.22. The molecule has 5 aromatic rings. The highest BCUT2D eigenvalue weighted by Crippen LogP contribution is 2.24. The van der Waals surface area contributed by atoms with Crippen LogP contribution in [0.15, 0.2) is 69.9 Å². The fourth-order valence-electron chi connectivity index (χ4n) is 3.21. The van der Waals surface area contributed by atoms with E-state index in [1.54, 1.807) is 6.08 Å². The van der Waals surface area contributed by atoms with Crippen LogP contribution in [-0.4, -0.2) is 21.2 Å². The first kappa shape index (κ1) is 20.5. The largest absolute Gasteiger partial charge is 0.494 e. The Balaban J connectivity index is 1.42. The lowest BCUT2D eigenvalue weighted by Crippen LogP contribution is -2.23. The summed E-state index contributed by atoms with van der Waals surface area (Å²) in [5.41, 5.74) is 1.51. The van der Waals surface area contributed by atoms with Crippen LogP contribution in [0.3, 0.4) is 0 Å². The van der Waals surface area contributed by atoms with Crippen LogP contribution < -0.4 is 14.8 Å². The van der Waals surface area contributed by atoms with Gasteiger partial charge in [-0.2, -0.15) is 9.50 Å². The summed E-state index contributed by atoms with van der Waals surface area (Å²) in [5.74, 6) is 2.59. The standard InChI is InChI=1S/C24H18ClN3O3S/c1-2-13-30-18-9-5-16(6-10-18)22-26-24-28(27-22)23(29)21(32-24)14-19-11-12-20(31-19)15-3-7-17(25)8-4-15/h3-12,14H,2,13H2,1H3/b21-14-. The smallest absolute Gasteiger partial charge is 0.291 e. The summed E-state index contributed by atoms with van der Waals surface area (Å²) in [6.45, 7) is 2.74. The van der Waals surface area contributed by atoms with Crippen LogP contribution in [0.25, 0.3) is 33.7 Å². The zero-order valence-corrected chi connectivity index (χ0v) is 18.7. The molecule has 0 aliphatic rings. The van der Waals surface area contributed by atoms with E-state index in [9.17, 15) is 4.79 Å². The SMILES string of the molecule is CCCOc1ccc(-c2nc3s/c(=C\c4ccc(-c5ccc(Cl)cc5)o4)c(=O)n3n2)cc1. The Morgan fingerprint density at radius 3 is 2.53 bits per heavy atom. The maximum Gasteiger partial charge on any atom is 0.291 e. The Morgan fingerprint density at radius 1 is 1.06 bits per heavy atom. The van der Waals surface area contributed by atoms with Gasteiger partial charge in [-0.3, -0.25) is 4.79 Å². The molecule has 2 aromatic carbocycles. The number of rotatable bonds is 6. The number of fused-ring (bicyclic) bond motifs is 1. The fraction of sp³-hybridized carbons (Fsp3) is 0.125. The Labute approximate surface area is 192 Å². The molecule has 0 atom stereocenters. The highest BCUT2D eigenvalue weighted by molar-refractivity contribution is 7.15. The summed E-state index contributed by atoms with van der Waals surface area (Å²) in [5, 5.41) is 5.06. The monoisotopic (exact) mass is 463 g/mol. The summed E-state index contributed by atoms with van der Waals surface area (Å²) in [6.07, 6.45) is 2.66. The van der Waals surface area contributed by atoms with Gasteiger partial charge in [0.15, 0.2) is 5.82 Å². The second kappa shape index (κ2) is 8.61. The maximum absolute atomic E-state index is 12.8. The van der Waals surface area contributed by atoms with Gasteiger partial charge in [-0.1, -0.05) is 29.9 Å². The third-order valence-electron chi connectivity index (χ3n) is 4.80. The van der Waals surface area contributed by atoms with Gasteiger partial charge >= 0.3 is 0 Å². The van der Waals surface area contributed by atoms with Crippen molar-refractivity contribution in [1.82, 2.24) is 14.6 Å². The normalized spacial score (nSPS) is 12.0. The van der Waals surface area contributed by atoms with Crippen LogP contribution in [0.1, 0.15) is 19.1 Å². The lowest BCUT2D eigenvalue weighted by atomic mass is 10.2. The average molecular weight is 464 g/mol. The molecule has 6 nitrogen and oxygen atoms in total. The van der Waals surface area contributed by atoms with E-state index >= 15 is 0 Å². The number of benzene rings is 2. The number of hydrogen-bond donors (Lipinski definition) is 0.